The molecule has 0 fully saturated rings. The zero-order valence-corrected chi connectivity index (χ0v) is 14.7. The van der Waals surface area contributed by atoms with Gasteiger partial charge in [-0.05, 0) is 23.8 Å². The highest BCUT2D eigenvalue weighted by atomic mass is 16.2. The van der Waals surface area contributed by atoms with E-state index in [9.17, 15) is 9.59 Å². The summed E-state index contributed by atoms with van der Waals surface area (Å²) in [4.78, 5) is 25.8. The summed E-state index contributed by atoms with van der Waals surface area (Å²) in [5, 5.41) is 7.04. The highest BCUT2D eigenvalue weighted by Gasteiger charge is 2.10. The zero-order valence-electron chi connectivity index (χ0n) is 14.7. The Labute approximate surface area is 152 Å². The molecule has 0 bridgehead atoms. The first-order valence-electron chi connectivity index (χ1n) is 8.22. The molecule has 132 valence electrons. The van der Waals surface area contributed by atoms with Crippen molar-refractivity contribution in [2.24, 2.45) is 0 Å². The second-order valence-electron chi connectivity index (χ2n) is 6.12. The second-order valence-corrected chi connectivity index (χ2v) is 6.12. The van der Waals surface area contributed by atoms with Crippen LogP contribution in [0.2, 0.25) is 0 Å². The zero-order chi connectivity index (χ0) is 18.5. The smallest absolute Gasteiger partial charge is 0.253 e. The predicted molar refractivity (Wildman–Crippen MR) is 101 cm³/mol. The molecular weight excluding hydrogens is 328 g/mol. The summed E-state index contributed by atoms with van der Waals surface area (Å²) in [7, 11) is 3.38. The molecule has 3 aromatic rings. The van der Waals surface area contributed by atoms with Crippen molar-refractivity contribution < 1.29 is 9.59 Å². The van der Waals surface area contributed by atoms with E-state index in [-0.39, 0.29) is 18.4 Å². The van der Waals surface area contributed by atoms with E-state index in [2.05, 4.69) is 10.4 Å². The molecule has 0 aliphatic heterocycles. The van der Waals surface area contributed by atoms with E-state index in [1.54, 1.807) is 49.2 Å². The van der Waals surface area contributed by atoms with E-state index in [1.807, 2.05) is 36.5 Å². The maximum Gasteiger partial charge on any atom is 0.253 e. The summed E-state index contributed by atoms with van der Waals surface area (Å²) in [6.07, 6.45) is 3.57. The Morgan fingerprint density at radius 2 is 1.81 bits per heavy atom. The number of aromatic nitrogens is 2. The fraction of sp³-hybridized carbons (Fsp3) is 0.150. The van der Waals surface area contributed by atoms with Crippen LogP contribution in [-0.4, -0.2) is 40.6 Å². The summed E-state index contributed by atoms with van der Waals surface area (Å²) in [6, 6.07) is 16.7. The van der Waals surface area contributed by atoms with Crippen molar-refractivity contribution in [1.29, 1.82) is 0 Å². The van der Waals surface area contributed by atoms with E-state index in [0.717, 1.165) is 11.1 Å². The van der Waals surface area contributed by atoms with Gasteiger partial charge in [0.05, 0.1) is 6.20 Å². The number of carbonyl (C=O) groups excluding carboxylic acids is 2. The monoisotopic (exact) mass is 348 g/mol. The van der Waals surface area contributed by atoms with E-state index >= 15 is 0 Å². The van der Waals surface area contributed by atoms with Crippen LogP contribution in [0, 0.1) is 0 Å². The minimum absolute atomic E-state index is 0.0959. The van der Waals surface area contributed by atoms with Crippen LogP contribution in [0.25, 0.3) is 11.1 Å². The van der Waals surface area contributed by atoms with Gasteiger partial charge >= 0.3 is 0 Å². The molecule has 6 heteroatoms. The highest BCUT2D eigenvalue weighted by molar-refractivity contribution is 5.96. The molecule has 6 nitrogen and oxygen atoms in total. The van der Waals surface area contributed by atoms with Gasteiger partial charge in [-0.3, -0.25) is 14.3 Å². The molecule has 1 heterocycles. The molecule has 0 unspecified atom stereocenters. The van der Waals surface area contributed by atoms with E-state index < -0.39 is 0 Å². The van der Waals surface area contributed by atoms with Crippen LogP contribution in [-0.2, 0) is 11.3 Å². The molecule has 2 amide bonds. The van der Waals surface area contributed by atoms with Gasteiger partial charge in [-0.2, -0.15) is 5.10 Å². The molecule has 1 aromatic heterocycles. The van der Waals surface area contributed by atoms with Crippen LogP contribution in [0.15, 0.2) is 67.0 Å². The van der Waals surface area contributed by atoms with Gasteiger partial charge in [-0.15, -0.1) is 0 Å². The molecule has 2 aromatic carbocycles. The minimum Gasteiger partial charge on any atom is -0.345 e. The molecule has 26 heavy (non-hydrogen) atoms. The first-order chi connectivity index (χ1) is 12.5. The third kappa shape index (κ3) is 4.16. The largest absolute Gasteiger partial charge is 0.345 e. The van der Waals surface area contributed by atoms with Gasteiger partial charge in [0, 0.05) is 37.1 Å². The number of nitrogens with zero attached hydrogens (tertiary/aromatic N) is 3. The third-order valence-corrected chi connectivity index (χ3v) is 3.85. The summed E-state index contributed by atoms with van der Waals surface area (Å²) in [5.41, 5.74) is 3.11. The highest BCUT2D eigenvalue weighted by Crippen LogP contribution is 2.17. The summed E-state index contributed by atoms with van der Waals surface area (Å²) in [5.74, 6) is -0.317. The van der Waals surface area contributed by atoms with Gasteiger partial charge in [-0.1, -0.05) is 36.4 Å². The molecule has 3 rings (SSSR count). The van der Waals surface area contributed by atoms with E-state index in [4.69, 9.17) is 0 Å². The van der Waals surface area contributed by atoms with Crippen molar-refractivity contribution >= 4 is 17.5 Å². The molecular formula is C20H20N4O2. The maximum atomic E-state index is 12.3. The molecule has 0 aliphatic rings. The lowest BCUT2D eigenvalue weighted by Crippen LogP contribution is -2.22. The first kappa shape index (κ1) is 17.4. The number of rotatable bonds is 5. The lowest BCUT2D eigenvalue weighted by atomic mass is 10.1. The Hall–Kier alpha value is -3.41. The normalized spacial score (nSPS) is 10.4. The van der Waals surface area contributed by atoms with Crippen LogP contribution in [0.4, 0.5) is 5.69 Å². The van der Waals surface area contributed by atoms with Crippen molar-refractivity contribution in [2.45, 2.75) is 6.54 Å². The van der Waals surface area contributed by atoms with E-state index in [0.29, 0.717) is 11.3 Å². The number of benzene rings is 2. The van der Waals surface area contributed by atoms with Crippen LogP contribution < -0.4 is 5.32 Å². The molecule has 0 saturated carbocycles. The first-order valence-corrected chi connectivity index (χ1v) is 8.22. The van der Waals surface area contributed by atoms with Crippen molar-refractivity contribution in [3.8, 4) is 11.1 Å². The molecule has 1 N–H and O–H groups in total. The van der Waals surface area contributed by atoms with Crippen LogP contribution >= 0.6 is 0 Å². The molecule has 0 saturated heterocycles. The second kappa shape index (κ2) is 7.65. The van der Waals surface area contributed by atoms with Crippen LogP contribution in [0.5, 0.6) is 0 Å². The van der Waals surface area contributed by atoms with Crippen LogP contribution in [0.1, 0.15) is 10.4 Å². The van der Waals surface area contributed by atoms with Gasteiger partial charge in [0.2, 0.25) is 5.91 Å². The molecule has 0 atom stereocenters. The lowest BCUT2D eigenvalue weighted by Gasteiger charge is -2.11. The number of anilines is 1. The van der Waals surface area contributed by atoms with Crippen molar-refractivity contribution in [3.05, 3.63) is 72.6 Å². The fourth-order valence-corrected chi connectivity index (χ4v) is 2.57. The Balaban J connectivity index is 1.66. The number of carbonyl (C=O) groups is 2. The Morgan fingerprint density at radius 1 is 1.04 bits per heavy atom. The van der Waals surface area contributed by atoms with Gasteiger partial charge in [0.1, 0.15) is 6.54 Å². The summed E-state index contributed by atoms with van der Waals surface area (Å²) >= 11 is 0. The third-order valence-electron chi connectivity index (χ3n) is 3.85. The van der Waals surface area contributed by atoms with Gasteiger partial charge < -0.3 is 10.2 Å². The number of amides is 2. The predicted octanol–water partition coefficient (Wildman–Crippen LogP) is 2.89. The molecule has 0 spiro atoms. The SMILES string of the molecule is CN(C)C(=O)c1cccc(NC(=O)Cn2cc(-c3ccccc3)cn2)c1. The molecule has 0 radical (unpaired) electrons. The molecule has 0 aliphatic carbocycles. The lowest BCUT2D eigenvalue weighted by molar-refractivity contribution is -0.116. The van der Waals surface area contributed by atoms with Crippen LogP contribution in [0.3, 0.4) is 0 Å². The maximum absolute atomic E-state index is 12.3. The quantitative estimate of drug-likeness (QED) is 0.771. The summed E-state index contributed by atoms with van der Waals surface area (Å²) in [6.45, 7) is 0.0959. The number of nitrogens with one attached hydrogen (secondary N) is 1. The van der Waals surface area contributed by atoms with Gasteiger partial charge in [0.25, 0.3) is 5.91 Å². The minimum atomic E-state index is -0.206. The van der Waals surface area contributed by atoms with Crippen molar-refractivity contribution in [2.75, 3.05) is 19.4 Å². The average molecular weight is 348 g/mol. The average Bonchev–Trinajstić information content (AvgIpc) is 3.10. The fourth-order valence-electron chi connectivity index (χ4n) is 2.57. The van der Waals surface area contributed by atoms with Gasteiger partial charge in [0.15, 0.2) is 0 Å². The number of hydrogen-bond donors (Lipinski definition) is 1. The van der Waals surface area contributed by atoms with Gasteiger partial charge in [-0.25, -0.2) is 0 Å². The topological polar surface area (TPSA) is 67.2 Å². The summed E-state index contributed by atoms with van der Waals surface area (Å²) < 4.78 is 1.59. The van der Waals surface area contributed by atoms with Crippen molar-refractivity contribution in [1.82, 2.24) is 14.7 Å². The van der Waals surface area contributed by atoms with E-state index in [1.165, 1.54) is 4.90 Å². The Morgan fingerprint density at radius 3 is 2.54 bits per heavy atom. The Bertz CT molecular complexity index is 916. The standard InChI is InChI=1S/C20H20N4O2/c1-23(2)20(26)16-9-6-10-18(11-16)22-19(25)14-24-13-17(12-21-24)15-7-4-3-5-8-15/h3-13H,14H2,1-2H3,(H,22,25). The Kier molecular flexibility index (Phi) is 5.12. The number of hydrogen-bond acceptors (Lipinski definition) is 3. The van der Waals surface area contributed by atoms with Crippen molar-refractivity contribution in [3.63, 3.8) is 0 Å².